The van der Waals surface area contributed by atoms with Crippen molar-refractivity contribution < 1.29 is 0 Å². The highest BCUT2D eigenvalue weighted by atomic mass is 32.1. The standard InChI is InChI=1S/C11H19NS/c1-9(8-10(2)12)5-6-11-4-3-7-13-11/h3-4,7,9-10H,5-6,8,12H2,1-2H3. The van der Waals surface area contributed by atoms with Crippen LogP contribution >= 0.6 is 11.3 Å². The smallest absolute Gasteiger partial charge is 0.00453 e. The van der Waals surface area contributed by atoms with Gasteiger partial charge in [0, 0.05) is 10.9 Å². The van der Waals surface area contributed by atoms with E-state index in [0.717, 1.165) is 12.3 Å². The third-order valence-electron chi connectivity index (χ3n) is 2.24. The molecule has 0 aliphatic rings. The second kappa shape index (κ2) is 5.40. The minimum atomic E-state index is 0.346. The summed E-state index contributed by atoms with van der Waals surface area (Å²) in [5.41, 5.74) is 5.74. The van der Waals surface area contributed by atoms with Crippen molar-refractivity contribution in [3.05, 3.63) is 22.4 Å². The van der Waals surface area contributed by atoms with Crippen LogP contribution in [0, 0.1) is 5.92 Å². The topological polar surface area (TPSA) is 26.0 Å². The van der Waals surface area contributed by atoms with E-state index in [2.05, 4.69) is 31.4 Å². The van der Waals surface area contributed by atoms with Crippen molar-refractivity contribution in [2.45, 2.75) is 39.2 Å². The van der Waals surface area contributed by atoms with Crippen molar-refractivity contribution in [1.82, 2.24) is 0 Å². The molecule has 2 N–H and O–H groups in total. The van der Waals surface area contributed by atoms with Crippen LogP contribution in [-0.4, -0.2) is 6.04 Å². The SMILES string of the molecule is CC(N)CC(C)CCc1cccs1. The van der Waals surface area contributed by atoms with Gasteiger partial charge in [0.1, 0.15) is 0 Å². The maximum absolute atomic E-state index is 5.74. The van der Waals surface area contributed by atoms with Crippen molar-refractivity contribution in [3.63, 3.8) is 0 Å². The van der Waals surface area contributed by atoms with Gasteiger partial charge >= 0.3 is 0 Å². The number of hydrogen-bond donors (Lipinski definition) is 1. The predicted octanol–water partition coefficient (Wildman–Crippen LogP) is 3.05. The van der Waals surface area contributed by atoms with Crippen LogP contribution in [-0.2, 0) is 6.42 Å². The van der Waals surface area contributed by atoms with Gasteiger partial charge in [-0.3, -0.25) is 0 Å². The average Bonchev–Trinajstić information content (AvgIpc) is 2.51. The van der Waals surface area contributed by atoms with E-state index in [4.69, 9.17) is 5.73 Å². The second-order valence-electron chi connectivity index (χ2n) is 3.94. The lowest BCUT2D eigenvalue weighted by molar-refractivity contribution is 0.453. The number of nitrogens with two attached hydrogens (primary N) is 1. The highest BCUT2D eigenvalue weighted by Crippen LogP contribution is 2.16. The Hall–Kier alpha value is -0.340. The summed E-state index contributed by atoms with van der Waals surface area (Å²) >= 11 is 1.85. The van der Waals surface area contributed by atoms with Crippen LogP contribution in [0.25, 0.3) is 0 Å². The van der Waals surface area contributed by atoms with Crippen LogP contribution in [0.15, 0.2) is 17.5 Å². The molecule has 1 aromatic heterocycles. The van der Waals surface area contributed by atoms with Gasteiger partial charge in [-0.2, -0.15) is 0 Å². The van der Waals surface area contributed by atoms with E-state index in [0.29, 0.717) is 6.04 Å². The molecule has 0 aliphatic heterocycles. The van der Waals surface area contributed by atoms with Crippen molar-refractivity contribution >= 4 is 11.3 Å². The Bertz CT molecular complexity index is 216. The first-order valence-corrected chi connectivity index (χ1v) is 5.84. The fourth-order valence-electron chi connectivity index (χ4n) is 1.60. The van der Waals surface area contributed by atoms with Crippen molar-refractivity contribution in [2.24, 2.45) is 11.7 Å². The quantitative estimate of drug-likeness (QED) is 0.771. The van der Waals surface area contributed by atoms with Crippen molar-refractivity contribution in [3.8, 4) is 0 Å². The summed E-state index contributed by atoms with van der Waals surface area (Å²) in [5, 5.41) is 2.14. The highest BCUT2D eigenvalue weighted by Gasteiger charge is 2.05. The van der Waals surface area contributed by atoms with Crippen LogP contribution in [0.3, 0.4) is 0 Å². The maximum atomic E-state index is 5.74. The fraction of sp³-hybridized carbons (Fsp3) is 0.636. The van der Waals surface area contributed by atoms with E-state index in [1.807, 2.05) is 11.3 Å². The molecule has 1 heterocycles. The number of rotatable bonds is 5. The third-order valence-corrected chi connectivity index (χ3v) is 3.17. The molecule has 0 bridgehead atoms. The summed E-state index contributed by atoms with van der Waals surface area (Å²) in [4.78, 5) is 1.50. The molecular weight excluding hydrogens is 178 g/mol. The van der Waals surface area contributed by atoms with Gasteiger partial charge in [0.05, 0.1) is 0 Å². The molecule has 2 heteroatoms. The summed E-state index contributed by atoms with van der Waals surface area (Å²) in [7, 11) is 0. The van der Waals surface area contributed by atoms with E-state index < -0.39 is 0 Å². The molecule has 1 rings (SSSR count). The molecule has 0 saturated heterocycles. The average molecular weight is 197 g/mol. The number of aryl methyl sites for hydroxylation is 1. The van der Waals surface area contributed by atoms with Crippen LogP contribution < -0.4 is 5.73 Å². The molecule has 0 saturated carbocycles. The van der Waals surface area contributed by atoms with Gasteiger partial charge in [-0.1, -0.05) is 13.0 Å². The van der Waals surface area contributed by atoms with Gasteiger partial charge < -0.3 is 5.73 Å². The predicted molar refractivity (Wildman–Crippen MR) is 60.1 cm³/mol. The van der Waals surface area contributed by atoms with Crippen molar-refractivity contribution in [1.29, 1.82) is 0 Å². The van der Waals surface area contributed by atoms with Gasteiger partial charge in [0.15, 0.2) is 0 Å². The molecule has 1 aromatic rings. The van der Waals surface area contributed by atoms with Crippen LogP contribution in [0.2, 0.25) is 0 Å². The number of thiophene rings is 1. The van der Waals surface area contributed by atoms with Crippen LogP contribution in [0.5, 0.6) is 0 Å². The van der Waals surface area contributed by atoms with E-state index in [-0.39, 0.29) is 0 Å². The molecule has 0 aromatic carbocycles. The zero-order chi connectivity index (χ0) is 9.68. The second-order valence-corrected chi connectivity index (χ2v) is 4.97. The van der Waals surface area contributed by atoms with E-state index in [1.54, 1.807) is 0 Å². The number of hydrogen-bond acceptors (Lipinski definition) is 2. The summed E-state index contributed by atoms with van der Waals surface area (Å²) in [5.74, 6) is 0.752. The van der Waals surface area contributed by atoms with Crippen LogP contribution in [0.1, 0.15) is 31.6 Å². The summed E-state index contributed by atoms with van der Waals surface area (Å²) in [6.07, 6.45) is 3.62. The van der Waals surface area contributed by atoms with Gasteiger partial charge in [-0.25, -0.2) is 0 Å². The first-order valence-electron chi connectivity index (χ1n) is 4.96. The molecule has 13 heavy (non-hydrogen) atoms. The zero-order valence-electron chi connectivity index (χ0n) is 8.49. The van der Waals surface area contributed by atoms with Crippen LogP contribution in [0.4, 0.5) is 0 Å². The molecule has 1 nitrogen and oxygen atoms in total. The first kappa shape index (κ1) is 10.7. The Kier molecular flexibility index (Phi) is 4.46. The molecule has 0 aliphatic carbocycles. The molecule has 2 atom stereocenters. The van der Waals surface area contributed by atoms with E-state index in [9.17, 15) is 0 Å². The molecule has 0 spiro atoms. The van der Waals surface area contributed by atoms with Gasteiger partial charge in [0.25, 0.3) is 0 Å². The zero-order valence-corrected chi connectivity index (χ0v) is 9.31. The Balaban J connectivity index is 2.19. The Morgan fingerprint density at radius 3 is 2.77 bits per heavy atom. The monoisotopic (exact) mass is 197 g/mol. The lowest BCUT2D eigenvalue weighted by Gasteiger charge is -2.12. The summed E-state index contributed by atoms with van der Waals surface area (Å²) < 4.78 is 0. The van der Waals surface area contributed by atoms with Gasteiger partial charge in [0.2, 0.25) is 0 Å². The third kappa shape index (κ3) is 4.44. The van der Waals surface area contributed by atoms with Gasteiger partial charge in [-0.15, -0.1) is 11.3 Å². The Morgan fingerprint density at radius 2 is 2.23 bits per heavy atom. The lowest BCUT2D eigenvalue weighted by Crippen LogP contribution is -2.18. The van der Waals surface area contributed by atoms with Gasteiger partial charge in [-0.05, 0) is 43.6 Å². The minimum absolute atomic E-state index is 0.346. The van der Waals surface area contributed by atoms with E-state index in [1.165, 1.54) is 17.7 Å². The van der Waals surface area contributed by atoms with E-state index >= 15 is 0 Å². The maximum Gasteiger partial charge on any atom is 0.00453 e. The Morgan fingerprint density at radius 1 is 1.46 bits per heavy atom. The summed E-state index contributed by atoms with van der Waals surface area (Å²) in [6, 6.07) is 4.68. The molecule has 2 unspecified atom stereocenters. The summed E-state index contributed by atoms with van der Waals surface area (Å²) in [6.45, 7) is 4.37. The Labute approximate surface area is 85.0 Å². The highest BCUT2D eigenvalue weighted by molar-refractivity contribution is 7.09. The molecule has 0 fully saturated rings. The molecular formula is C11H19NS. The fourth-order valence-corrected chi connectivity index (χ4v) is 2.32. The molecule has 74 valence electrons. The first-order chi connectivity index (χ1) is 6.18. The minimum Gasteiger partial charge on any atom is -0.328 e. The lowest BCUT2D eigenvalue weighted by atomic mass is 9.98. The largest absolute Gasteiger partial charge is 0.328 e. The molecule has 0 amide bonds. The molecule has 0 radical (unpaired) electrons. The normalized spacial score (nSPS) is 15.6. The van der Waals surface area contributed by atoms with Crippen molar-refractivity contribution in [2.75, 3.05) is 0 Å².